The highest BCUT2D eigenvalue weighted by Gasteiger charge is 2.28. The van der Waals surface area contributed by atoms with Crippen molar-refractivity contribution in [3.05, 3.63) is 59.1 Å². The zero-order valence-electron chi connectivity index (χ0n) is 18.4. The van der Waals surface area contributed by atoms with Gasteiger partial charge in [0, 0.05) is 18.1 Å². The van der Waals surface area contributed by atoms with Crippen LogP contribution in [-0.2, 0) is 16.1 Å². The SMILES string of the molecule is CCCCNC(=O)C(CC)N(Cc1ccc(OC)cc1)C(=O)COc1ccc(Cl)cc1. The maximum Gasteiger partial charge on any atom is 0.261 e. The van der Waals surface area contributed by atoms with Crippen LogP contribution in [0, 0.1) is 0 Å². The first-order valence-corrected chi connectivity index (χ1v) is 10.9. The fourth-order valence-corrected chi connectivity index (χ4v) is 3.24. The molecule has 0 aliphatic rings. The lowest BCUT2D eigenvalue weighted by atomic mass is 10.1. The molecule has 0 bridgehead atoms. The number of benzene rings is 2. The standard InChI is InChI=1S/C24H31ClN2O4/c1-4-6-15-26-24(29)22(5-2)27(16-18-7-11-20(30-3)12-8-18)23(28)17-31-21-13-9-19(25)10-14-21/h7-14,22H,4-6,15-17H2,1-3H3,(H,26,29). The lowest BCUT2D eigenvalue weighted by molar-refractivity contribution is -0.143. The van der Waals surface area contributed by atoms with Crippen LogP contribution < -0.4 is 14.8 Å². The smallest absolute Gasteiger partial charge is 0.261 e. The van der Waals surface area contributed by atoms with Crippen molar-refractivity contribution in [2.24, 2.45) is 0 Å². The highest BCUT2D eigenvalue weighted by molar-refractivity contribution is 6.30. The number of unbranched alkanes of at least 4 members (excludes halogenated alkanes) is 1. The van der Waals surface area contributed by atoms with E-state index >= 15 is 0 Å². The molecular weight excluding hydrogens is 416 g/mol. The zero-order valence-corrected chi connectivity index (χ0v) is 19.2. The molecular formula is C24H31ClN2O4. The first-order valence-electron chi connectivity index (χ1n) is 10.6. The fourth-order valence-electron chi connectivity index (χ4n) is 3.11. The third-order valence-corrected chi connectivity index (χ3v) is 5.16. The first-order chi connectivity index (χ1) is 15.0. The van der Waals surface area contributed by atoms with E-state index in [1.165, 1.54) is 0 Å². The normalized spacial score (nSPS) is 11.5. The summed E-state index contributed by atoms with van der Waals surface area (Å²) in [5, 5.41) is 3.54. The summed E-state index contributed by atoms with van der Waals surface area (Å²) in [5.74, 6) is 0.868. The molecule has 0 aromatic heterocycles. The summed E-state index contributed by atoms with van der Waals surface area (Å²) in [5.41, 5.74) is 0.903. The minimum absolute atomic E-state index is 0.149. The van der Waals surface area contributed by atoms with Gasteiger partial charge in [-0.25, -0.2) is 0 Å². The van der Waals surface area contributed by atoms with Crippen molar-refractivity contribution >= 4 is 23.4 Å². The van der Waals surface area contributed by atoms with Crippen molar-refractivity contribution in [2.75, 3.05) is 20.3 Å². The summed E-state index contributed by atoms with van der Waals surface area (Å²) in [6, 6.07) is 13.7. The molecule has 0 spiro atoms. The summed E-state index contributed by atoms with van der Waals surface area (Å²) in [4.78, 5) is 27.5. The maximum absolute atomic E-state index is 13.1. The number of nitrogens with one attached hydrogen (secondary N) is 1. The Hall–Kier alpha value is -2.73. The van der Waals surface area contributed by atoms with Gasteiger partial charge < -0.3 is 19.7 Å². The van der Waals surface area contributed by atoms with Gasteiger partial charge in [-0.3, -0.25) is 9.59 Å². The van der Waals surface area contributed by atoms with Gasteiger partial charge in [-0.1, -0.05) is 44.0 Å². The zero-order chi connectivity index (χ0) is 22.6. The highest BCUT2D eigenvalue weighted by atomic mass is 35.5. The Morgan fingerprint density at radius 2 is 1.68 bits per heavy atom. The van der Waals surface area contributed by atoms with Crippen LogP contribution in [0.1, 0.15) is 38.7 Å². The van der Waals surface area contributed by atoms with Gasteiger partial charge in [0.1, 0.15) is 17.5 Å². The summed E-state index contributed by atoms with van der Waals surface area (Å²) >= 11 is 5.90. The number of amides is 2. The van der Waals surface area contributed by atoms with E-state index < -0.39 is 6.04 Å². The molecule has 1 unspecified atom stereocenters. The van der Waals surface area contributed by atoms with Crippen molar-refractivity contribution in [3.8, 4) is 11.5 Å². The molecule has 7 heteroatoms. The van der Waals surface area contributed by atoms with E-state index in [1.54, 1.807) is 36.3 Å². The largest absolute Gasteiger partial charge is 0.497 e. The minimum Gasteiger partial charge on any atom is -0.497 e. The fraction of sp³-hybridized carbons (Fsp3) is 0.417. The lowest BCUT2D eigenvalue weighted by Crippen LogP contribution is -2.50. The van der Waals surface area contributed by atoms with E-state index in [2.05, 4.69) is 12.2 Å². The summed E-state index contributed by atoms with van der Waals surface area (Å²) in [6.45, 7) is 4.69. The Balaban J connectivity index is 2.16. The van der Waals surface area contributed by atoms with Crippen molar-refractivity contribution in [1.82, 2.24) is 10.2 Å². The van der Waals surface area contributed by atoms with Crippen molar-refractivity contribution in [1.29, 1.82) is 0 Å². The number of carbonyl (C=O) groups is 2. The predicted octanol–water partition coefficient (Wildman–Crippen LogP) is 4.45. The molecule has 1 N–H and O–H groups in total. The lowest BCUT2D eigenvalue weighted by Gasteiger charge is -2.30. The van der Waals surface area contributed by atoms with Crippen LogP contribution in [-0.4, -0.2) is 43.0 Å². The van der Waals surface area contributed by atoms with E-state index in [9.17, 15) is 9.59 Å². The average molecular weight is 447 g/mol. The second-order valence-electron chi connectivity index (χ2n) is 7.18. The topological polar surface area (TPSA) is 67.9 Å². The minimum atomic E-state index is -0.583. The molecule has 31 heavy (non-hydrogen) atoms. The molecule has 0 aliphatic carbocycles. The monoisotopic (exact) mass is 446 g/mol. The number of carbonyl (C=O) groups excluding carboxylic acids is 2. The second kappa shape index (κ2) is 12.8. The molecule has 2 amide bonds. The number of rotatable bonds is 12. The van der Waals surface area contributed by atoms with Crippen LogP contribution in [0.4, 0.5) is 0 Å². The maximum atomic E-state index is 13.1. The Bertz CT molecular complexity index is 824. The molecule has 168 valence electrons. The van der Waals surface area contributed by atoms with E-state index in [0.717, 1.165) is 24.2 Å². The molecule has 0 aliphatic heterocycles. The summed E-state index contributed by atoms with van der Waals surface area (Å²) in [6.07, 6.45) is 2.38. The van der Waals surface area contributed by atoms with E-state index in [-0.39, 0.29) is 18.4 Å². The van der Waals surface area contributed by atoms with Gasteiger partial charge >= 0.3 is 0 Å². The first kappa shape index (κ1) is 24.5. The number of methoxy groups -OCH3 is 1. The second-order valence-corrected chi connectivity index (χ2v) is 7.62. The quantitative estimate of drug-likeness (QED) is 0.489. The van der Waals surface area contributed by atoms with Crippen molar-refractivity contribution in [3.63, 3.8) is 0 Å². The molecule has 2 aromatic carbocycles. The van der Waals surface area contributed by atoms with E-state index in [1.807, 2.05) is 31.2 Å². The Morgan fingerprint density at radius 3 is 2.26 bits per heavy atom. The van der Waals surface area contributed by atoms with Crippen LogP contribution in [0.2, 0.25) is 5.02 Å². The third kappa shape index (κ3) is 7.79. The third-order valence-electron chi connectivity index (χ3n) is 4.90. The predicted molar refractivity (Wildman–Crippen MR) is 122 cm³/mol. The Kier molecular flexibility index (Phi) is 10.2. The number of hydrogen-bond donors (Lipinski definition) is 1. The number of halogens is 1. The van der Waals surface area contributed by atoms with E-state index in [4.69, 9.17) is 21.1 Å². The van der Waals surface area contributed by atoms with Crippen LogP contribution in [0.3, 0.4) is 0 Å². The van der Waals surface area contributed by atoms with Gasteiger partial charge in [-0.05, 0) is 54.8 Å². The van der Waals surface area contributed by atoms with E-state index in [0.29, 0.717) is 30.3 Å². The molecule has 0 radical (unpaired) electrons. The summed E-state index contributed by atoms with van der Waals surface area (Å²) < 4.78 is 10.9. The van der Waals surface area contributed by atoms with Crippen LogP contribution in [0.15, 0.2) is 48.5 Å². The van der Waals surface area contributed by atoms with Gasteiger partial charge in [0.2, 0.25) is 5.91 Å². The van der Waals surface area contributed by atoms with Crippen LogP contribution in [0.5, 0.6) is 11.5 Å². The number of ether oxygens (including phenoxy) is 2. The Morgan fingerprint density at radius 1 is 1.03 bits per heavy atom. The number of hydrogen-bond acceptors (Lipinski definition) is 4. The van der Waals surface area contributed by atoms with Gasteiger partial charge in [-0.2, -0.15) is 0 Å². The van der Waals surface area contributed by atoms with Crippen molar-refractivity contribution in [2.45, 2.75) is 45.7 Å². The molecule has 1 atom stereocenters. The van der Waals surface area contributed by atoms with Gasteiger partial charge in [-0.15, -0.1) is 0 Å². The molecule has 0 saturated carbocycles. The van der Waals surface area contributed by atoms with Gasteiger partial charge in [0.15, 0.2) is 6.61 Å². The van der Waals surface area contributed by atoms with Crippen molar-refractivity contribution < 1.29 is 19.1 Å². The molecule has 2 rings (SSSR count). The molecule has 0 saturated heterocycles. The molecule has 0 heterocycles. The number of nitrogens with zero attached hydrogens (tertiary/aromatic N) is 1. The van der Waals surface area contributed by atoms with Gasteiger partial charge in [0.25, 0.3) is 5.91 Å². The molecule has 2 aromatic rings. The van der Waals surface area contributed by atoms with Gasteiger partial charge in [0.05, 0.1) is 7.11 Å². The van der Waals surface area contributed by atoms with Crippen LogP contribution in [0.25, 0.3) is 0 Å². The highest BCUT2D eigenvalue weighted by Crippen LogP contribution is 2.18. The molecule has 0 fully saturated rings. The average Bonchev–Trinajstić information content (AvgIpc) is 2.79. The molecule has 6 nitrogen and oxygen atoms in total. The summed E-state index contributed by atoms with van der Waals surface area (Å²) in [7, 11) is 1.60. The Labute approximate surface area is 189 Å². The van der Waals surface area contributed by atoms with Crippen LogP contribution >= 0.6 is 11.6 Å².